The molecule has 5 rings (SSSR count). The second-order valence-electron chi connectivity index (χ2n) is 8.36. The number of ether oxygens (including phenoxy) is 2. The number of aromatic nitrogens is 4. The van der Waals surface area contributed by atoms with Gasteiger partial charge in [-0.15, -0.1) is 5.10 Å². The molecule has 0 aliphatic carbocycles. The van der Waals surface area contributed by atoms with E-state index in [1.165, 1.54) is 5.56 Å². The molecule has 0 N–H and O–H groups in total. The van der Waals surface area contributed by atoms with Gasteiger partial charge in [0.05, 0.1) is 31.5 Å². The molecule has 2 aliphatic heterocycles. The fraction of sp³-hybridized carbons (Fsp3) is 0.458. The first kappa shape index (κ1) is 20.9. The van der Waals surface area contributed by atoms with Crippen LogP contribution in [0.15, 0.2) is 54.6 Å². The van der Waals surface area contributed by atoms with E-state index in [-0.39, 0.29) is 12.1 Å². The third-order valence-corrected chi connectivity index (χ3v) is 6.43. The van der Waals surface area contributed by atoms with Gasteiger partial charge in [0.15, 0.2) is 5.82 Å². The van der Waals surface area contributed by atoms with Crippen molar-refractivity contribution in [2.45, 2.75) is 31.5 Å². The Hall–Kier alpha value is -2.97. The second kappa shape index (κ2) is 9.67. The van der Waals surface area contributed by atoms with Crippen molar-refractivity contribution in [3.05, 3.63) is 66.0 Å². The molecule has 2 saturated heterocycles. The highest BCUT2D eigenvalue weighted by Gasteiger charge is 2.32. The minimum atomic E-state index is 0.00687. The van der Waals surface area contributed by atoms with E-state index in [4.69, 9.17) is 9.47 Å². The molecule has 8 nitrogen and oxygen atoms in total. The van der Waals surface area contributed by atoms with Crippen molar-refractivity contribution in [1.29, 1.82) is 0 Å². The fourth-order valence-electron chi connectivity index (χ4n) is 4.79. The third kappa shape index (κ3) is 4.33. The van der Waals surface area contributed by atoms with E-state index in [9.17, 15) is 0 Å². The fourth-order valence-corrected chi connectivity index (χ4v) is 4.79. The topological polar surface area (TPSA) is 68.5 Å². The number of anilines is 1. The standard InChI is InChI=1S/C24H30N6O2/c1-31-22-12-6-5-11-21(22)28-13-15-29(16-14-28)23(19-8-3-2-4-9-19)24-25-26-27-30(24)18-20-10-7-17-32-20/h2-6,8-9,11-12,20,23H,7,10,13-18H2,1H3/t20-,23-/m0/s1. The summed E-state index contributed by atoms with van der Waals surface area (Å²) in [6, 6.07) is 18.8. The predicted molar refractivity (Wildman–Crippen MR) is 122 cm³/mol. The van der Waals surface area contributed by atoms with E-state index in [1.807, 2.05) is 16.8 Å². The molecule has 3 heterocycles. The molecule has 0 amide bonds. The van der Waals surface area contributed by atoms with Crippen molar-refractivity contribution in [3.8, 4) is 5.75 Å². The van der Waals surface area contributed by atoms with Crippen LogP contribution in [0, 0.1) is 0 Å². The average Bonchev–Trinajstić information content (AvgIpc) is 3.53. The van der Waals surface area contributed by atoms with Crippen molar-refractivity contribution in [1.82, 2.24) is 25.1 Å². The number of nitrogens with zero attached hydrogens (tertiary/aromatic N) is 6. The lowest BCUT2D eigenvalue weighted by Crippen LogP contribution is -2.48. The van der Waals surface area contributed by atoms with Crippen LogP contribution in [0.4, 0.5) is 5.69 Å². The summed E-state index contributed by atoms with van der Waals surface area (Å²) in [4.78, 5) is 4.88. The lowest BCUT2D eigenvalue weighted by molar-refractivity contribution is 0.0906. The SMILES string of the molecule is COc1ccccc1N1CCN([C@@H](c2ccccc2)c2nnnn2C[C@@H]2CCCO2)CC1. The lowest BCUT2D eigenvalue weighted by Gasteiger charge is -2.40. The molecule has 0 spiro atoms. The van der Waals surface area contributed by atoms with Gasteiger partial charge >= 0.3 is 0 Å². The third-order valence-electron chi connectivity index (χ3n) is 6.43. The summed E-state index contributed by atoms with van der Waals surface area (Å²) in [5.41, 5.74) is 2.36. The summed E-state index contributed by atoms with van der Waals surface area (Å²) in [6.07, 6.45) is 2.36. The monoisotopic (exact) mass is 434 g/mol. The summed E-state index contributed by atoms with van der Waals surface area (Å²) in [5.74, 6) is 1.80. The molecule has 0 unspecified atom stereocenters. The van der Waals surface area contributed by atoms with Gasteiger partial charge in [-0.1, -0.05) is 42.5 Å². The molecule has 2 aliphatic rings. The van der Waals surface area contributed by atoms with Gasteiger partial charge in [0, 0.05) is 32.8 Å². The van der Waals surface area contributed by atoms with E-state index in [2.05, 4.69) is 67.8 Å². The zero-order chi connectivity index (χ0) is 21.8. The zero-order valence-corrected chi connectivity index (χ0v) is 18.5. The Balaban J connectivity index is 1.38. The number of benzene rings is 2. The molecule has 3 aromatic rings. The van der Waals surface area contributed by atoms with Crippen LogP contribution in [0.2, 0.25) is 0 Å². The highest BCUT2D eigenvalue weighted by molar-refractivity contribution is 5.58. The highest BCUT2D eigenvalue weighted by atomic mass is 16.5. The molecule has 1 aromatic heterocycles. The Morgan fingerprint density at radius 1 is 1.03 bits per heavy atom. The van der Waals surface area contributed by atoms with Crippen molar-refractivity contribution in [3.63, 3.8) is 0 Å². The van der Waals surface area contributed by atoms with E-state index in [1.54, 1.807) is 7.11 Å². The summed E-state index contributed by atoms with van der Waals surface area (Å²) >= 11 is 0. The minimum absolute atomic E-state index is 0.00687. The Morgan fingerprint density at radius 2 is 1.81 bits per heavy atom. The summed E-state index contributed by atoms with van der Waals surface area (Å²) in [7, 11) is 1.73. The second-order valence-corrected chi connectivity index (χ2v) is 8.36. The number of para-hydroxylation sites is 2. The van der Waals surface area contributed by atoms with Crippen molar-refractivity contribution < 1.29 is 9.47 Å². The number of piperazine rings is 1. The first-order valence-electron chi connectivity index (χ1n) is 11.4. The van der Waals surface area contributed by atoms with Crippen LogP contribution in [0.1, 0.15) is 30.3 Å². The zero-order valence-electron chi connectivity index (χ0n) is 18.5. The number of tetrazole rings is 1. The van der Waals surface area contributed by atoms with Gasteiger partial charge in [-0.05, 0) is 41.0 Å². The summed E-state index contributed by atoms with van der Waals surface area (Å²) in [5, 5.41) is 12.9. The maximum atomic E-state index is 5.85. The van der Waals surface area contributed by atoms with Gasteiger partial charge in [0.25, 0.3) is 0 Å². The van der Waals surface area contributed by atoms with Crippen LogP contribution in [0.25, 0.3) is 0 Å². The maximum Gasteiger partial charge on any atom is 0.173 e. The summed E-state index contributed by atoms with van der Waals surface area (Å²) < 4.78 is 13.4. The highest BCUT2D eigenvalue weighted by Crippen LogP contribution is 2.32. The molecule has 8 heteroatoms. The van der Waals surface area contributed by atoms with E-state index in [0.717, 1.165) is 62.9 Å². The maximum absolute atomic E-state index is 5.85. The van der Waals surface area contributed by atoms with Gasteiger partial charge in [-0.2, -0.15) is 0 Å². The van der Waals surface area contributed by atoms with Crippen molar-refractivity contribution >= 4 is 5.69 Å². The molecule has 2 atom stereocenters. The first-order chi connectivity index (χ1) is 15.8. The number of methoxy groups -OCH3 is 1. The normalized spacial score (nSPS) is 20.4. The van der Waals surface area contributed by atoms with Gasteiger partial charge < -0.3 is 14.4 Å². The van der Waals surface area contributed by atoms with Crippen molar-refractivity contribution in [2.24, 2.45) is 0 Å². The number of hydrogen-bond acceptors (Lipinski definition) is 7. The Bertz CT molecular complexity index is 996. The predicted octanol–water partition coefficient (Wildman–Crippen LogP) is 2.77. The Kier molecular flexibility index (Phi) is 6.31. The van der Waals surface area contributed by atoms with Gasteiger partial charge in [0.1, 0.15) is 5.75 Å². The van der Waals surface area contributed by atoms with Crippen LogP contribution in [0.5, 0.6) is 5.75 Å². The van der Waals surface area contributed by atoms with Crippen molar-refractivity contribution in [2.75, 3.05) is 44.8 Å². The van der Waals surface area contributed by atoms with Gasteiger partial charge in [0.2, 0.25) is 0 Å². The van der Waals surface area contributed by atoms with Gasteiger partial charge in [-0.25, -0.2) is 4.68 Å². The lowest BCUT2D eigenvalue weighted by atomic mass is 10.0. The molecule has 2 fully saturated rings. The van der Waals surface area contributed by atoms with Crippen LogP contribution < -0.4 is 9.64 Å². The largest absolute Gasteiger partial charge is 0.495 e. The molecule has 168 valence electrons. The number of hydrogen-bond donors (Lipinski definition) is 0. The Labute approximate surface area is 188 Å². The summed E-state index contributed by atoms with van der Waals surface area (Å²) in [6.45, 7) is 5.17. The molecule has 2 aromatic carbocycles. The first-order valence-corrected chi connectivity index (χ1v) is 11.4. The average molecular weight is 435 g/mol. The molecule has 0 radical (unpaired) electrons. The van der Waals surface area contributed by atoms with E-state index in [0.29, 0.717) is 6.54 Å². The smallest absolute Gasteiger partial charge is 0.173 e. The van der Waals surface area contributed by atoms with Crippen LogP contribution >= 0.6 is 0 Å². The molecular weight excluding hydrogens is 404 g/mol. The van der Waals surface area contributed by atoms with Gasteiger partial charge in [-0.3, -0.25) is 4.90 Å². The molecular formula is C24H30N6O2. The molecule has 0 saturated carbocycles. The van der Waals surface area contributed by atoms with E-state index >= 15 is 0 Å². The van der Waals surface area contributed by atoms with E-state index < -0.39 is 0 Å². The minimum Gasteiger partial charge on any atom is -0.495 e. The van der Waals surface area contributed by atoms with Crippen LogP contribution in [-0.4, -0.2) is 71.1 Å². The molecule has 32 heavy (non-hydrogen) atoms. The Morgan fingerprint density at radius 3 is 2.56 bits per heavy atom. The van der Waals surface area contributed by atoms with Crippen LogP contribution in [-0.2, 0) is 11.3 Å². The van der Waals surface area contributed by atoms with Crippen LogP contribution in [0.3, 0.4) is 0 Å². The number of rotatable bonds is 7. The molecule has 0 bridgehead atoms. The quantitative estimate of drug-likeness (QED) is 0.566.